The molecule has 0 aliphatic carbocycles. The maximum absolute atomic E-state index is 12.6. The van der Waals surface area contributed by atoms with Crippen molar-refractivity contribution in [2.75, 3.05) is 39.3 Å². The van der Waals surface area contributed by atoms with Crippen molar-refractivity contribution in [2.24, 2.45) is 0 Å². The van der Waals surface area contributed by atoms with E-state index >= 15 is 0 Å². The first-order valence-electron chi connectivity index (χ1n) is 9.40. The third kappa shape index (κ3) is 4.59. The zero-order valence-electron chi connectivity index (χ0n) is 15.4. The standard InChI is InChI=1S/C19H28N4O3/c1-15-4-2-5-16(20-15)12-21-9-10-23(13-17(21)7-11-24)19(26)14-22-8-3-6-18(22)25/h2,4-5,17,24H,3,6-14H2,1H3. The summed E-state index contributed by atoms with van der Waals surface area (Å²) in [5.41, 5.74) is 2.00. The molecule has 7 nitrogen and oxygen atoms in total. The second-order valence-corrected chi connectivity index (χ2v) is 7.17. The molecule has 2 saturated heterocycles. The third-order valence-electron chi connectivity index (χ3n) is 5.23. The van der Waals surface area contributed by atoms with Gasteiger partial charge in [-0.2, -0.15) is 0 Å². The fourth-order valence-electron chi connectivity index (χ4n) is 3.78. The fraction of sp³-hybridized carbons (Fsp3) is 0.632. The van der Waals surface area contributed by atoms with Crippen molar-refractivity contribution in [3.8, 4) is 0 Å². The van der Waals surface area contributed by atoms with E-state index in [4.69, 9.17) is 0 Å². The monoisotopic (exact) mass is 360 g/mol. The predicted molar refractivity (Wildman–Crippen MR) is 97.3 cm³/mol. The number of rotatable bonds is 6. The second-order valence-electron chi connectivity index (χ2n) is 7.17. The number of aromatic nitrogens is 1. The van der Waals surface area contributed by atoms with Gasteiger partial charge in [0.25, 0.3) is 0 Å². The van der Waals surface area contributed by atoms with Gasteiger partial charge in [0.1, 0.15) is 0 Å². The van der Waals surface area contributed by atoms with Crippen LogP contribution in [0.3, 0.4) is 0 Å². The highest BCUT2D eigenvalue weighted by Gasteiger charge is 2.31. The van der Waals surface area contributed by atoms with E-state index in [-0.39, 0.29) is 31.0 Å². The van der Waals surface area contributed by atoms with Gasteiger partial charge in [0.2, 0.25) is 11.8 Å². The maximum Gasteiger partial charge on any atom is 0.242 e. The van der Waals surface area contributed by atoms with Gasteiger partial charge < -0.3 is 14.9 Å². The molecule has 7 heteroatoms. The van der Waals surface area contributed by atoms with Crippen molar-refractivity contribution in [3.63, 3.8) is 0 Å². The molecule has 2 aliphatic heterocycles. The number of amides is 2. The quantitative estimate of drug-likeness (QED) is 0.795. The van der Waals surface area contributed by atoms with Gasteiger partial charge in [0.15, 0.2) is 0 Å². The highest BCUT2D eigenvalue weighted by Crippen LogP contribution is 2.17. The number of hydrogen-bond acceptors (Lipinski definition) is 5. The first kappa shape index (κ1) is 18.8. The number of likely N-dealkylation sites (tertiary alicyclic amines) is 1. The van der Waals surface area contributed by atoms with Crippen LogP contribution in [0.25, 0.3) is 0 Å². The number of carbonyl (C=O) groups is 2. The van der Waals surface area contributed by atoms with Crippen molar-refractivity contribution >= 4 is 11.8 Å². The molecule has 0 bridgehead atoms. The minimum atomic E-state index is 0.0107. The van der Waals surface area contributed by atoms with Crippen LogP contribution in [0.1, 0.15) is 30.7 Å². The molecule has 2 amide bonds. The van der Waals surface area contributed by atoms with E-state index in [1.807, 2.05) is 30.0 Å². The Kier molecular flexibility index (Phi) is 6.21. The molecule has 1 N–H and O–H groups in total. The molecular weight excluding hydrogens is 332 g/mol. The molecule has 0 radical (unpaired) electrons. The Labute approximate surface area is 154 Å². The van der Waals surface area contributed by atoms with Crippen molar-refractivity contribution in [1.29, 1.82) is 0 Å². The summed E-state index contributed by atoms with van der Waals surface area (Å²) in [6.07, 6.45) is 2.02. The van der Waals surface area contributed by atoms with Gasteiger partial charge in [-0.1, -0.05) is 6.07 Å². The van der Waals surface area contributed by atoms with Gasteiger partial charge in [-0.3, -0.25) is 19.5 Å². The minimum absolute atomic E-state index is 0.0107. The summed E-state index contributed by atoms with van der Waals surface area (Å²) in [4.78, 5) is 34.7. The van der Waals surface area contributed by atoms with E-state index in [0.717, 1.165) is 30.9 Å². The maximum atomic E-state index is 12.6. The van der Waals surface area contributed by atoms with Crippen molar-refractivity contribution in [2.45, 2.75) is 38.8 Å². The Morgan fingerprint density at radius 2 is 2.15 bits per heavy atom. The van der Waals surface area contributed by atoms with E-state index in [2.05, 4.69) is 9.88 Å². The lowest BCUT2D eigenvalue weighted by molar-refractivity contribution is -0.140. The highest BCUT2D eigenvalue weighted by molar-refractivity contribution is 5.86. The van der Waals surface area contributed by atoms with Crippen LogP contribution in [0, 0.1) is 6.92 Å². The van der Waals surface area contributed by atoms with E-state index in [0.29, 0.717) is 32.5 Å². The van der Waals surface area contributed by atoms with Crippen LogP contribution in [-0.4, -0.2) is 82.0 Å². The van der Waals surface area contributed by atoms with Gasteiger partial charge in [-0.15, -0.1) is 0 Å². The van der Waals surface area contributed by atoms with Crippen LogP contribution >= 0.6 is 0 Å². The van der Waals surface area contributed by atoms with Crippen LogP contribution in [0.15, 0.2) is 18.2 Å². The van der Waals surface area contributed by atoms with Gasteiger partial charge in [-0.05, 0) is 31.9 Å². The third-order valence-corrected chi connectivity index (χ3v) is 5.23. The smallest absolute Gasteiger partial charge is 0.242 e. The van der Waals surface area contributed by atoms with Gasteiger partial charge in [0, 0.05) is 57.5 Å². The summed E-state index contributed by atoms with van der Waals surface area (Å²) in [5, 5.41) is 9.44. The van der Waals surface area contributed by atoms with Crippen molar-refractivity contribution in [1.82, 2.24) is 19.7 Å². The molecule has 3 rings (SSSR count). The molecule has 2 aliphatic rings. The number of aryl methyl sites for hydroxylation is 1. The Morgan fingerprint density at radius 1 is 1.31 bits per heavy atom. The van der Waals surface area contributed by atoms with Crippen LogP contribution in [0.2, 0.25) is 0 Å². The largest absolute Gasteiger partial charge is 0.396 e. The number of hydrogen-bond donors (Lipinski definition) is 1. The molecular formula is C19H28N4O3. The van der Waals surface area contributed by atoms with Gasteiger partial charge >= 0.3 is 0 Å². The minimum Gasteiger partial charge on any atom is -0.396 e. The zero-order valence-corrected chi connectivity index (χ0v) is 15.4. The molecule has 0 spiro atoms. The number of aliphatic hydroxyl groups excluding tert-OH is 1. The molecule has 3 heterocycles. The van der Waals surface area contributed by atoms with Crippen LogP contribution in [0.4, 0.5) is 0 Å². The Hall–Kier alpha value is -1.99. The molecule has 2 fully saturated rings. The summed E-state index contributed by atoms with van der Waals surface area (Å²) >= 11 is 0. The second kappa shape index (κ2) is 8.60. The number of nitrogens with zero attached hydrogens (tertiary/aromatic N) is 4. The molecule has 26 heavy (non-hydrogen) atoms. The SMILES string of the molecule is Cc1cccc(CN2CCN(C(=O)CN3CCCC3=O)CC2CCO)n1. The first-order valence-corrected chi connectivity index (χ1v) is 9.40. The van der Waals surface area contributed by atoms with Crippen molar-refractivity contribution in [3.05, 3.63) is 29.6 Å². The number of aliphatic hydroxyl groups is 1. The fourth-order valence-corrected chi connectivity index (χ4v) is 3.78. The van der Waals surface area contributed by atoms with E-state index in [9.17, 15) is 14.7 Å². The lowest BCUT2D eigenvalue weighted by atomic mass is 10.1. The Balaban J connectivity index is 1.60. The molecule has 0 aromatic carbocycles. The summed E-state index contributed by atoms with van der Waals surface area (Å²) in [6.45, 7) is 5.65. The molecule has 0 saturated carbocycles. The summed E-state index contributed by atoms with van der Waals surface area (Å²) in [6, 6.07) is 6.10. The van der Waals surface area contributed by atoms with Gasteiger partial charge in [-0.25, -0.2) is 0 Å². The predicted octanol–water partition coefficient (Wildman–Crippen LogP) is 0.408. The van der Waals surface area contributed by atoms with Crippen LogP contribution in [0.5, 0.6) is 0 Å². The number of carbonyl (C=O) groups excluding carboxylic acids is 2. The normalized spacial score (nSPS) is 21.5. The number of piperazine rings is 1. The molecule has 142 valence electrons. The van der Waals surface area contributed by atoms with E-state index in [1.54, 1.807) is 4.90 Å². The summed E-state index contributed by atoms with van der Waals surface area (Å²) < 4.78 is 0. The topological polar surface area (TPSA) is 77.0 Å². The van der Waals surface area contributed by atoms with E-state index < -0.39 is 0 Å². The van der Waals surface area contributed by atoms with Crippen LogP contribution < -0.4 is 0 Å². The zero-order chi connectivity index (χ0) is 18.5. The lowest BCUT2D eigenvalue weighted by Gasteiger charge is -2.41. The summed E-state index contributed by atoms with van der Waals surface area (Å²) in [5.74, 6) is 0.0888. The van der Waals surface area contributed by atoms with Gasteiger partial charge in [0.05, 0.1) is 12.2 Å². The Bertz CT molecular complexity index is 651. The average Bonchev–Trinajstić information content (AvgIpc) is 3.01. The van der Waals surface area contributed by atoms with E-state index in [1.165, 1.54) is 0 Å². The number of pyridine rings is 1. The van der Waals surface area contributed by atoms with Crippen LogP contribution in [-0.2, 0) is 16.1 Å². The molecule has 1 unspecified atom stereocenters. The van der Waals surface area contributed by atoms with Crippen molar-refractivity contribution < 1.29 is 14.7 Å². The average molecular weight is 360 g/mol. The first-order chi connectivity index (χ1) is 12.6. The Morgan fingerprint density at radius 3 is 2.85 bits per heavy atom. The molecule has 1 aromatic rings. The molecule has 1 atom stereocenters. The highest BCUT2D eigenvalue weighted by atomic mass is 16.3. The lowest BCUT2D eigenvalue weighted by Crippen LogP contribution is -2.56. The summed E-state index contributed by atoms with van der Waals surface area (Å²) in [7, 11) is 0. The molecule has 1 aromatic heterocycles.